The van der Waals surface area contributed by atoms with E-state index in [1.165, 1.54) is 30.4 Å². The van der Waals surface area contributed by atoms with Crippen LogP contribution in [0, 0.1) is 28.6 Å². The van der Waals surface area contributed by atoms with Crippen LogP contribution in [0.5, 0.6) is 0 Å². The van der Waals surface area contributed by atoms with Gasteiger partial charge in [0.25, 0.3) is 10.1 Å². The monoisotopic (exact) mass is 576 g/mol. The highest BCUT2D eigenvalue weighted by atomic mass is 32.2. The van der Waals surface area contributed by atoms with Crippen molar-refractivity contribution in [2.24, 2.45) is 28.6 Å². The van der Waals surface area contributed by atoms with Gasteiger partial charge in [-0.05, 0) is 74.8 Å². The van der Waals surface area contributed by atoms with Crippen molar-refractivity contribution in [3.8, 4) is 0 Å². The highest BCUT2D eigenvalue weighted by molar-refractivity contribution is 7.85. The first-order chi connectivity index (χ1) is 18.5. The Bertz CT molecular complexity index is 1470. The van der Waals surface area contributed by atoms with Crippen LogP contribution in [0.3, 0.4) is 0 Å². The summed E-state index contributed by atoms with van der Waals surface area (Å²) in [7, 11) is -4.57. The zero-order valence-electron chi connectivity index (χ0n) is 22.5. The molecular weight excluding hydrogens is 543 g/mol. The molecular formula is C29H33FO9S. The molecule has 4 aliphatic rings. The molecule has 0 saturated heterocycles. The van der Waals surface area contributed by atoms with E-state index in [4.69, 9.17) is 4.74 Å². The molecule has 0 unspecified atom stereocenters. The summed E-state index contributed by atoms with van der Waals surface area (Å²) in [6, 6.07) is 4.48. The Kier molecular flexibility index (Phi) is 6.58. The van der Waals surface area contributed by atoms with Gasteiger partial charge in [-0.15, -0.1) is 0 Å². The maximum absolute atomic E-state index is 17.3. The topological polar surface area (TPSA) is 155 Å². The second-order valence-electron chi connectivity index (χ2n) is 12.2. The van der Waals surface area contributed by atoms with Gasteiger partial charge in [-0.2, -0.15) is 8.42 Å². The van der Waals surface area contributed by atoms with Crippen LogP contribution < -0.4 is 0 Å². The van der Waals surface area contributed by atoms with Crippen LogP contribution in [-0.4, -0.2) is 64.7 Å². The molecule has 0 amide bonds. The number of carbonyl (C=O) groups excluding carboxylic acids is 3. The standard InChI is InChI=1S/C29H33FO9S/c1-16-11-22-21-8-7-18-13-19(31)9-10-26(18,2)28(21,30)23(32)14-27(22,3)29(16,35)24(33)15-39-25(34)17-5-4-6-20(12-17)40(36,37)38/h4-6,9-10,12-13,16,21-23,32,35H,7-8,11,14-15H2,1-3H3,(H,36,37,38)/t16-,21+,22+,23+,26+,27+,28+,29+/m1/s1. The summed E-state index contributed by atoms with van der Waals surface area (Å²) >= 11 is 0. The fourth-order valence-corrected chi connectivity index (χ4v) is 8.77. The van der Waals surface area contributed by atoms with Crippen LogP contribution in [0.25, 0.3) is 0 Å². The number of fused-ring (bicyclic) bond motifs is 5. The summed E-state index contributed by atoms with van der Waals surface area (Å²) in [4.78, 5) is 37.7. The number of rotatable bonds is 5. The van der Waals surface area contributed by atoms with Gasteiger partial charge in [0.15, 0.2) is 18.1 Å². The second kappa shape index (κ2) is 9.14. The molecule has 9 nitrogen and oxygen atoms in total. The molecule has 0 aliphatic heterocycles. The maximum Gasteiger partial charge on any atom is 0.338 e. The highest BCUT2D eigenvalue weighted by Crippen LogP contribution is 2.70. The molecule has 0 spiro atoms. The number of halogens is 1. The van der Waals surface area contributed by atoms with Crippen molar-refractivity contribution in [2.75, 3.05) is 6.61 Å². The van der Waals surface area contributed by atoms with E-state index in [1.54, 1.807) is 20.8 Å². The van der Waals surface area contributed by atoms with E-state index in [2.05, 4.69) is 0 Å². The number of hydrogen-bond acceptors (Lipinski definition) is 8. The van der Waals surface area contributed by atoms with Gasteiger partial charge in [-0.1, -0.05) is 31.6 Å². The third-order valence-electron chi connectivity index (χ3n) is 10.3. The van der Waals surface area contributed by atoms with Crippen molar-refractivity contribution in [1.82, 2.24) is 0 Å². The quantitative estimate of drug-likeness (QED) is 0.354. The normalized spacial score (nSPS) is 40.5. The average Bonchev–Trinajstić information content (AvgIpc) is 3.09. The Morgan fingerprint density at radius 3 is 2.58 bits per heavy atom. The van der Waals surface area contributed by atoms with Gasteiger partial charge in [0.1, 0.15) is 5.60 Å². The minimum Gasteiger partial charge on any atom is -0.454 e. The number of ether oxygens (including phenoxy) is 1. The molecule has 3 fully saturated rings. The molecule has 1 aromatic rings. The molecule has 1 aromatic carbocycles. The molecule has 4 aliphatic carbocycles. The highest BCUT2D eigenvalue weighted by Gasteiger charge is 2.75. The molecule has 0 radical (unpaired) electrons. The van der Waals surface area contributed by atoms with Gasteiger partial charge >= 0.3 is 5.97 Å². The van der Waals surface area contributed by atoms with E-state index in [1.807, 2.05) is 0 Å². The van der Waals surface area contributed by atoms with Gasteiger partial charge in [-0.25, -0.2) is 9.18 Å². The first-order valence-corrected chi connectivity index (χ1v) is 14.8. The number of aliphatic hydroxyl groups excluding tert-OH is 1. The Hall–Kier alpha value is -2.73. The second-order valence-corrected chi connectivity index (χ2v) is 13.6. The molecule has 0 bridgehead atoms. The van der Waals surface area contributed by atoms with E-state index < -0.39 is 79.3 Å². The van der Waals surface area contributed by atoms with Crippen molar-refractivity contribution < 1.29 is 46.7 Å². The first kappa shape index (κ1) is 28.8. The first-order valence-electron chi connectivity index (χ1n) is 13.3. The van der Waals surface area contributed by atoms with Crippen LogP contribution in [0.1, 0.15) is 56.8 Å². The van der Waals surface area contributed by atoms with Crippen LogP contribution in [-0.2, 0) is 24.4 Å². The lowest BCUT2D eigenvalue weighted by Gasteiger charge is -2.62. The van der Waals surface area contributed by atoms with Crippen molar-refractivity contribution in [3.05, 3.63) is 53.6 Å². The van der Waals surface area contributed by atoms with Crippen molar-refractivity contribution in [2.45, 2.75) is 68.7 Å². The number of Topliss-reactive ketones (excluding diaryl/α,β-unsaturated/α-hetero) is 1. The third-order valence-corrected chi connectivity index (χ3v) is 11.2. The summed E-state index contributed by atoms with van der Waals surface area (Å²) in [6.07, 6.45) is 3.64. The summed E-state index contributed by atoms with van der Waals surface area (Å²) in [5.74, 6) is -3.86. The van der Waals surface area contributed by atoms with E-state index in [0.29, 0.717) is 24.8 Å². The molecule has 0 heterocycles. The minimum atomic E-state index is -4.57. The fraction of sp³-hybridized carbons (Fsp3) is 0.552. The Morgan fingerprint density at radius 2 is 1.90 bits per heavy atom. The van der Waals surface area contributed by atoms with Gasteiger partial charge in [0.05, 0.1) is 16.6 Å². The van der Waals surface area contributed by atoms with Gasteiger partial charge < -0.3 is 14.9 Å². The van der Waals surface area contributed by atoms with E-state index in [9.17, 15) is 37.6 Å². The molecule has 0 aromatic heterocycles. The number of ketones is 2. The van der Waals surface area contributed by atoms with E-state index in [0.717, 1.165) is 12.1 Å². The number of aliphatic hydroxyl groups is 2. The lowest BCUT2D eigenvalue weighted by molar-refractivity contribution is -0.219. The maximum atomic E-state index is 17.3. The fourth-order valence-electron chi connectivity index (χ4n) is 8.25. The summed E-state index contributed by atoms with van der Waals surface area (Å²) in [6.45, 7) is 4.22. The number of benzene rings is 1. The van der Waals surface area contributed by atoms with E-state index >= 15 is 4.39 Å². The number of alkyl halides is 1. The molecule has 216 valence electrons. The molecule has 3 saturated carbocycles. The number of carbonyl (C=O) groups is 3. The Labute approximate surface area is 231 Å². The Balaban J connectivity index is 1.41. The zero-order valence-corrected chi connectivity index (χ0v) is 23.3. The molecule has 40 heavy (non-hydrogen) atoms. The van der Waals surface area contributed by atoms with Crippen LogP contribution >= 0.6 is 0 Å². The van der Waals surface area contributed by atoms with E-state index in [-0.39, 0.29) is 17.8 Å². The summed E-state index contributed by atoms with van der Waals surface area (Å²) in [5, 5.41) is 23.4. The van der Waals surface area contributed by atoms with Crippen molar-refractivity contribution in [1.29, 1.82) is 0 Å². The molecule has 11 heteroatoms. The largest absolute Gasteiger partial charge is 0.454 e. The predicted octanol–water partition coefficient (Wildman–Crippen LogP) is 3.01. The molecule has 3 N–H and O–H groups in total. The smallest absolute Gasteiger partial charge is 0.338 e. The van der Waals surface area contributed by atoms with Gasteiger partial charge in [0.2, 0.25) is 5.78 Å². The van der Waals surface area contributed by atoms with Crippen LogP contribution in [0.2, 0.25) is 0 Å². The van der Waals surface area contributed by atoms with Crippen molar-refractivity contribution >= 4 is 27.7 Å². The third kappa shape index (κ3) is 3.81. The average molecular weight is 577 g/mol. The predicted molar refractivity (Wildman–Crippen MR) is 139 cm³/mol. The van der Waals surface area contributed by atoms with Crippen LogP contribution in [0.15, 0.2) is 53.0 Å². The zero-order chi connectivity index (χ0) is 29.5. The van der Waals surface area contributed by atoms with Crippen molar-refractivity contribution in [3.63, 3.8) is 0 Å². The summed E-state index contributed by atoms with van der Waals surface area (Å²) in [5.41, 5.74) is -6.17. The summed E-state index contributed by atoms with van der Waals surface area (Å²) < 4.78 is 54.4. The molecule has 8 atom stereocenters. The lowest BCUT2D eigenvalue weighted by atomic mass is 9.44. The van der Waals surface area contributed by atoms with Gasteiger partial charge in [0, 0.05) is 16.7 Å². The number of allylic oxidation sites excluding steroid dienone is 4. The van der Waals surface area contributed by atoms with Crippen LogP contribution in [0.4, 0.5) is 4.39 Å². The molecule has 5 rings (SSSR count). The SMILES string of the molecule is C[C@@H]1C[C@H]2[C@@H]3CCC4=CC(=O)C=C[C@]4(C)[C@@]3(F)[C@@H](O)C[C@]2(C)[C@@]1(O)C(=O)COC(=O)c1cccc(S(=O)(=O)O)c1. The van der Waals surface area contributed by atoms with Gasteiger partial charge in [-0.3, -0.25) is 14.1 Å². The lowest BCUT2D eigenvalue weighted by Crippen LogP contribution is -2.69. The Morgan fingerprint density at radius 1 is 1.20 bits per heavy atom. The number of hydrogen-bond donors (Lipinski definition) is 3. The minimum absolute atomic E-state index is 0.216. The number of esters is 1.